The van der Waals surface area contributed by atoms with Gasteiger partial charge in [0.25, 0.3) is 0 Å². The molecule has 1 aliphatic rings. The van der Waals surface area contributed by atoms with E-state index in [1.807, 2.05) is 56.3 Å². The van der Waals surface area contributed by atoms with Crippen molar-refractivity contribution < 1.29 is 9.59 Å². The number of anilines is 3. The van der Waals surface area contributed by atoms with Crippen molar-refractivity contribution in [1.29, 1.82) is 0 Å². The summed E-state index contributed by atoms with van der Waals surface area (Å²) in [5.74, 6) is -0.0226. The van der Waals surface area contributed by atoms with Crippen molar-refractivity contribution in [2.45, 2.75) is 33.2 Å². The fraction of sp³-hybridized carbons (Fsp3) is 0.300. The minimum Gasteiger partial charge on any atom is -0.374 e. The molecule has 1 atom stereocenters. The van der Waals surface area contributed by atoms with Gasteiger partial charge in [-0.05, 0) is 55.7 Å². The third-order valence-corrected chi connectivity index (χ3v) is 4.53. The summed E-state index contributed by atoms with van der Waals surface area (Å²) in [6, 6.07) is 13.2. The molecular formula is C20H23N3O2. The number of hydrogen-bond acceptors (Lipinski definition) is 3. The minimum absolute atomic E-state index is 0.0606. The highest BCUT2D eigenvalue weighted by Gasteiger charge is 2.22. The molecule has 3 rings (SSSR count). The Morgan fingerprint density at radius 3 is 2.64 bits per heavy atom. The van der Waals surface area contributed by atoms with Crippen LogP contribution in [0.1, 0.15) is 25.0 Å². The predicted molar refractivity (Wildman–Crippen MR) is 101 cm³/mol. The Morgan fingerprint density at radius 2 is 1.92 bits per heavy atom. The van der Waals surface area contributed by atoms with Gasteiger partial charge in [-0.15, -0.1) is 0 Å². The summed E-state index contributed by atoms with van der Waals surface area (Å²) in [6.45, 7) is 6.11. The number of para-hydroxylation sites is 1. The average Bonchev–Trinajstić information content (AvgIpc) is 3.00. The summed E-state index contributed by atoms with van der Waals surface area (Å²) in [4.78, 5) is 25.8. The van der Waals surface area contributed by atoms with Crippen LogP contribution in [0.5, 0.6) is 0 Å². The van der Waals surface area contributed by atoms with Crippen molar-refractivity contribution in [2.75, 3.05) is 22.1 Å². The van der Waals surface area contributed by atoms with Gasteiger partial charge >= 0.3 is 0 Å². The fourth-order valence-corrected chi connectivity index (χ4v) is 3.09. The van der Waals surface area contributed by atoms with E-state index >= 15 is 0 Å². The summed E-state index contributed by atoms with van der Waals surface area (Å²) in [5, 5.41) is 6.19. The standard InChI is InChI=1S/C20H23N3O2/c1-13-6-4-5-7-18(13)22-20(25)14(2)21-17-8-9-19-16(12-17)10-11-23(19)15(3)24/h4-9,12,14,21H,10-11H2,1-3H3,(H,22,25). The minimum atomic E-state index is -0.372. The molecule has 5 nitrogen and oxygen atoms in total. The van der Waals surface area contributed by atoms with E-state index in [-0.39, 0.29) is 17.9 Å². The van der Waals surface area contributed by atoms with Gasteiger partial charge in [0.05, 0.1) is 0 Å². The zero-order valence-corrected chi connectivity index (χ0v) is 14.8. The molecular weight excluding hydrogens is 314 g/mol. The first-order valence-corrected chi connectivity index (χ1v) is 8.50. The highest BCUT2D eigenvalue weighted by molar-refractivity contribution is 5.97. The van der Waals surface area contributed by atoms with Crippen LogP contribution in [0.2, 0.25) is 0 Å². The zero-order valence-electron chi connectivity index (χ0n) is 14.8. The molecule has 0 aromatic heterocycles. The molecule has 0 bridgehead atoms. The fourth-order valence-electron chi connectivity index (χ4n) is 3.09. The first-order chi connectivity index (χ1) is 12.0. The molecule has 0 saturated carbocycles. The molecule has 2 amide bonds. The summed E-state index contributed by atoms with van der Waals surface area (Å²) < 4.78 is 0. The van der Waals surface area contributed by atoms with Crippen molar-refractivity contribution in [3.05, 3.63) is 53.6 Å². The van der Waals surface area contributed by atoms with E-state index in [4.69, 9.17) is 0 Å². The molecule has 0 aliphatic carbocycles. The van der Waals surface area contributed by atoms with Crippen LogP contribution in [-0.4, -0.2) is 24.4 Å². The van der Waals surface area contributed by atoms with Crippen LogP contribution in [0, 0.1) is 6.92 Å². The van der Waals surface area contributed by atoms with Gasteiger partial charge in [0, 0.05) is 30.5 Å². The smallest absolute Gasteiger partial charge is 0.246 e. The second-order valence-electron chi connectivity index (χ2n) is 6.43. The monoisotopic (exact) mass is 337 g/mol. The van der Waals surface area contributed by atoms with E-state index in [0.717, 1.165) is 41.2 Å². The third-order valence-electron chi connectivity index (χ3n) is 4.53. The molecule has 0 fully saturated rings. The van der Waals surface area contributed by atoms with E-state index in [1.165, 1.54) is 0 Å². The Hall–Kier alpha value is -2.82. The quantitative estimate of drug-likeness (QED) is 0.899. The molecule has 1 aliphatic heterocycles. The number of rotatable bonds is 4. The van der Waals surface area contributed by atoms with E-state index in [2.05, 4.69) is 10.6 Å². The Labute approximate surface area is 148 Å². The van der Waals surface area contributed by atoms with Gasteiger partial charge in [-0.3, -0.25) is 9.59 Å². The maximum absolute atomic E-state index is 12.4. The lowest BCUT2D eigenvalue weighted by Gasteiger charge is -2.18. The second kappa shape index (κ2) is 6.97. The normalized spacial score (nSPS) is 14.0. The molecule has 0 spiro atoms. The van der Waals surface area contributed by atoms with Crippen molar-refractivity contribution >= 4 is 28.9 Å². The molecule has 2 aromatic carbocycles. The molecule has 0 radical (unpaired) electrons. The van der Waals surface area contributed by atoms with Gasteiger partial charge in [-0.25, -0.2) is 0 Å². The lowest BCUT2D eigenvalue weighted by atomic mass is 10.1. The SMILES string of the molecule is CC(=O)N1CCc2cc(NC(C)C(=O)Nc3ccccc3C)ccc21. The Kier molecular flexibility index (Phi) is 4.74. The molecule has 0 saturated heterocycles. The molecule has 2 aromatic rings. The number of hydrogen-bond donors (Lipinski definition) is 2. The van der Waals surface area contributed by atoms with Crippen LogP contribution in [-0.2, 0) is 16.0 Å². The van der Waals surface area contributed by atoms with E-state index in [1.54, 1.807) is 11.8 Å². The topological polar surface area (TPSA) is 61.4 Å². The Bertz CT molecular complexity index is 816. The van der Waals surface area contributed by atoms with Gasteiger partial charge in [0.15, 0.2) is 0 Å². The zero-order chi connectivity index (χ0) is 18.0. The summed E-state index contributed by atoms with van der Waals surface area (Å²) in [6.07, 6.45) is 0.841. The number of nitrogens with one attached hydrogen (secondary N) is 2. The molecule has 130 valence electrons. The van der Waals surface area contributed by atoms with Gasteiger partial charge in [0.1, 0.15) is 6.04 Å². The van der Waals surface area contributed by atoms with Gasteiger partial charge < -0.3 is 15.5 Å². The van der Waals surface area contributed by atoms with Crippen LogP contribution < -0.4 is 15.5 Å². The van der Waals surface area contributed by atoms with Crippen molar-refractivity contribution in [2.24, 2.45) is 0 Å². The highest BCUT2D eigenvalue weighted by Crippen LogP contribution is 2.30. The van der Waals surface area contributed by atoms with Crippen LogP contribution in [0.4, 0.5) is 17.1 Å². The molecule has 25 heavy (non-hydrogen) atoms. The van der Waals surface area contributed by atoms with Gasteiger partial charge in [0.2, 0.25) is 11.8 Å². The lowest BCUT2D eigenvalue weighted by Crippen LogP contribution is -2.32. The number of amides is 2. The number of nitrogens with zero attached hydrogens (tertiary/aromatic N) is 1. The second-order valence-corrected chi connectivity index (χ2v) is 6.43. The van der Waals surface area contributed by atoms with Crippen LogP contribution in [0.15, 0.2) is 42.5 Å². The summed E-state index contributed by atoms with van der Waals surface area (Å²) in [7, 11) is 0. The lowest BCUT2D eigenvalue weighted by molar-refractivity contribution is -0.117. The van der Waals surface area contributed by atoms with E-state index in [0.29, 0.717) is 0 Å². The largest absolute Gasteiger partial charge is 0.374 e. The van der Waals surface area contributed by atoms with Crippen LogP contribution in [0.3, 0.4) is 0 Å². The summed E-state index contributed by atoms with van der Waals surface area (Å²) >= 11 is 0. The number of benzene rings is 2. The maximum Gasteiger partial charge on any atom is 0.246 e. The van der Waals surface area contributed by atoms with E-state index in [9.17, 15) is 9.59 Å². The molecule has 1 unspecified atom stereocenters. The maximum atomic E-state index is 12.4. The highest BCUT2D eigenvalue weighted by atomic mass is 16.2. The van der Waals surface area contributed by atoms with Gasteiger partial charge in [-0.1, -0.05) is 18.2 Å². The summed E-state index contributed by atoms with van der Waals surface area (Å²) in [5.41, 5.74) is 4.84. The van der Waals surface area contributed by atoms with Crippen LogP contribution in [0.25, 0.3) is 0 Å². The first-order valence-electron chi connectivity index (χ1n) is 8.50. The Balaban J connectivity index is 1.67. The first kappa shape index (κ1) is 17.0. The molecule has 5 heteroatoms. The van der Waals surface area contributed by atoms with Crippen molar-refractivity contribution in [1.82, 2.24) is 0 Å². The number of aryl methyl sites for hydroxylation is 1. The molecule has 1 heterocycles. The average molecular weight is 337 g/mol. The number of carbonyl (C=O) groups is 2. The van der Waals surface area contributed by atoms with Crippen molar-refractivity contribution in [3.63, 3.8) is 0 Å². The van der Waals surface area contributed by atoms with E-state index < -0.39 is 0 Å². The van der Waals surface area contributed by atoms with Crippen LogP contribution >= 0.6 is 0 Å². The third kappa shape index (κ3) is 3.65. The number of fused-ring (bicyclic) bond motifs is 1. The predicted octanol–water partition coefficient (Wildman–Crippen LogP) is 3.34. The van der Waals surface area contributed by atoms with Crippen molar-refractivity contribution in [3.8, 4) is 0 Å². The van der Waals surface area contributed by atoms with Gasteiger partial charge in [-0.2, -0.15) is 0 Å². The number of carbonyl (C=O) groups excluding carboxylic acids is 2. The Morgan fingerprint density at radius 1 is 1.16 bits per heavy atom. The molecule has 2 N–H and O–H groups in total.